The molecule has 1 N–H and O–H groups in total. The van der Waals surface area contributed by atoms with Crippen molar-refractivity contribution < 1.29 is 4.39 Å². The fourth-order valence-corrected chi connectivity index (χ4v) is 1.65. The van der Waals surface area contributed by atoms with E-state index in [4.69, 9.17) is 0 Å². The smallest absolute Gasteiger partial charge is 0.126 e. The van der Waals surface area contributed by atoms with Gasteiger partial charge in [-0.1, -0.05) is 12.8 Å². The van der Waals surface area contributed by atoms with Gasteiger partial charge in [-0.15, -0.1) is 0 Å². The minimum atomic E-state index is -0.908. The molecule has 10 heavy (non-hydrogen) atoms. The van der Waals surface area contributed by atoms with Crippen LogP contribution < -0.4 is 5.32 Å². The number of hydrogen-bond donors (Lipinski definition) is 1. The van der Waals surface area contributed by atoms with E-state index in [1.165, 1.54) is 0 Å². The van der Waals surface area contributed by atoms with Crippen LogP contribution in [0.5, 0.6) is 0 Å². The Morgan fingerprint density at radius 2 is 1.90 bits per heavy atom. The van der Waals surface area contributed by atoms with Crippen LogP contribution in [0.25, 0.3) is 0 Å². The molecular weight excluding hydrogens is 129 g/mol. The van der Waals surface area contributed by atoms with Crippen molar-refractivity contribution >= 4 is 0 Å². The van der Waals surface area contributed by atoms with E-state index in [2.05, 4.69) is 5.32 Å². The van der Waals surface area contributed by atoms with E-state index in [-0.39, 0.29) is 6.04 Å². The van der Waals surface area contributed by atoms with Crippen LogP contribution in [0.4, 0.5) is 4.39 Å². The van der Waals surface area contributed by atoms with E-state index in [1.807, 2.05) is 14.0 Å². The molecule has 1 nitrogen and oxygen atoms in total. The maximum absolute atomic E-state index is 13.6. The summed E-state index contributed by atoms with van der Waals surface area (Å²) in [6.45, 7) is 1.92. The van der Waals surface area contributed by atoms with Crippen molar-refractivity contribution in [2.75, 3.05) is 7.05 Å². The molecule has 1 aliphatic carbocycles. The quantitative estimate of drug-likeness (QED) is 0.625. The molecule has 0 aliphatic heterocycles. The van der Waals surface area contributed by atoms with E-state index >= 15 is 0 Å². The average Bonchev–Trinajstić information content (AvgIpc) is 2.36. The lowest BCUT2D eigenvalue weighted by Gasteiger charge is -2.26. The number of hydrogen-bond acceptors (Lipinski definition) is 1. The van der Waals surface area contributed by atoms with Crippen molar-refractivity contribution in [3.8, 4) is 0 Å². The highest BCUT2D eigenvalue weighted by Gasteiger charge is 2.38. The van der Waals surface area contributed by atoms with E-state index in [0.29, 0.717) is 0 Å². The highest BCUT2D eigenvalue weighted by Crippen LogP contribution is 2.35. The predicted molar refractivity (Wildman–Crippen MR) is 40.8 cm³/mol. The van der Waals surface area contributed by atoms with Gasteiger partial charge in [-0.25, -0.2) is 4.39 Å². The third kappa shape index (κ3) is 1.31. The number of halogens is 1. The normalized spacial score (nSPS) is 26.7. The zero-order chi connectivity index (χ0) is 7.61. The summed E-state index contributed by atoms with van der Waals surface area (Å²) in [5.41, 5.74) is -0.908. The Bertz CT molecular complexity index is 108. The van der Waals surface area contributed by atoms with E-state index in [1.54, 1.807) is 0 Å². The standard InChI is InChI=1S/C8H16FN/c1-7(10-2)8(9)5-3-4-6-8/h7,10H,3-6H2,1-2H3. The van der Waals surface area contributed by atoms with Crippen LogP contribution in [0, 0.1) is 0 Å². The molecule has 60 valence electrons. The van der Waals surface area contributed by atoms with Crippen LogP contribution in [0.2, 0.25) is 0 Å². The number of rotatable bonds is 2. The van der Waals surface area contributed by atoms with Crippen molar-refractivity contribution in [2.24, 2.45) is 0 Å². The lowest BCUT2D eigenvalue weighted by Crippen LogP contribution is -2.41. The second-order valence-electron chi connectivity index (χ2n) is 3.25. The number of nitrogens with one attached hydrogen (secondary N) is 1. The lowest BCUT2D eigenvalue weighted by molar-refractivity contribution is 0.125. The minimum absolute atomic E-state index is 0.0231. The Hall–Kier alpha value is -0.110. The SMILES string of the molecule is CNC(C)C1(F)CCCC1. The van der Waals surface area contributed by atoms with Gasteiger partial charge in [0.2, 0.25) is 0 Å². The molecule has 0 aromatic carbocycles. The molecule has 0 spiro atoms. The van der Waals surface area contributed by atoms with Crippen LogP contribution in [0.3, 0.4) is 0 Å². The van der Waals surface area contributed by atoms with Crippen molar-refractivity contribution in [1.82, 2.24) is 5.32 Å². The van der Waals surface area contributed by atoms with Gasteiger partial charge in [0, 0.05) is 6.04 Å². The van der Waals surface area contributed by atoms with Crippen molar-refractivity contribution in [1.29, 1.82) is 0 Å². The molecule has 1 fully saturated rings. The molecule has 0 amide bonds. The summed E-state index contributed by atoms with van der Waals surface area (Å²) in [6.07, 6.45) is 3.61. The summed E-state index contributed by atoms with van der Waals surface area (Å²) in [7, 11) is 1.82. The summed E-state index contributed by atoms with van der Waals surface area (Å²) >= 11 is 0. The summed E-state index contributed by atoms with van der Waals surface area (Å²) in [4.78, 5) is 0. The molecule has 0 aromatic heterocycles. The van der Waals surface area contributed by atoms with E-state index < -0.39 is 5.67 Å². The molecule has 0 radical (unpaired) electrons. The van der Waals surface area contributed by atoms with Crippen LogP contribution in [-0.2, 0) is 0 Å². The molecule has 0 bridgehead atoms. The maximum atomic E-state index is 13.6. The second kappa shape index (κ2) is 2.87. The molecule has 0 saturated heterocycles. The Kier molecular flexibility index (Phi) is 2.29. The van der Waals surface area contributed by atoms with Crippen molar-refractivity contribution in [2.45, 2.75) is 44.3 Å². The lowest BCUT2D eigenvalue weighted by atomic mass is 9.96. The monoisotopic (exact) mass is 145 g/mol. The molecule has 0 heterocycles. The van der Waals surface area contributed by atoms with Gasteiger partial charge < -0.3 is 5.32 Å². The molecule has 2 heteroatoms. The van der Waals surface area contributed by atoms with Crippen molar-refractivity contribution in [3.63, 3.8) is 0 Å². The molecule has 1 aliphatic rings. The predicted octanol–water partition coefficient (Wildman–Crippen LogP) is 1.88. The highest BCUT2D eigenvalue weighted by molar-refractivity contribution is 4.92. The van der Waals surface area contributed by atoms with Gasteiger partial charge >= 0.3 is 0 Å². The van der Waals surface area contributed by atoms with E-state index in [0.717, 1.165) is 25.7 Å². The van der Waals surface area contributed by atoms with Crippen LogP contribution in [-0.4, -0.2) is 18.8 Å². The second-order valence-corrected chi connectivity index (χ2v) is 3.25. The molecule has 1 unspecified atom stereocenters. The summed E-state index contributed by atoms with van der Waals surface area (Å²) < 4.78 is 13.6. The Morgan fingerprint density at radius 1 is 1.40 bits per heavy atom. The Balaban J connectivity index is 2.49. The largest absolute Gasteiger partial charge is 0.314 e. The first-order chi connectivity index (χ1) is 4.69. The van der Waals surface area contributed by atoms with Gasteiger partial charge in [0.1, 0.15) is 5.67 Å². The topological polar surface area (TPSA) is 12.0 Å². The van der Waals surface area contributed by atoms with Crippen LogP contribution >= 0.6 is 0 Å². The average molecular weight is 145 g/mol. The summed E-state index contributed by atoms with van der Waals surface area (Å²) in [5, 5.41) is 2.97. The van der Waals surface area contributed by atoms with Gasteiger partial charge in [-0.2, -0.15) is 0 Å². The first kappa shape index (κ1) is 7.99. The fraction of sp³-hybridized carbons (Fsp3) is 1.00. The molecular formula is C8H16FN. The number of alkyl halides is 1. The Labute approximate surface area is 62.0 Å². The molecule has 1 saturated carbocycles. The fourth-order valence-electron chi connectivity index (χ4n) is 1.65. The molecule has 1 atom stereocenters. The van der Waals surface area contributed by atoms with Crippen LogP contribution in [0.1, 0.15) is 32.6 Å². The first-order valence-electron chi connectivity index (χ1n) is 4.05. The third-order valence-electron chi connectivity index (χ3n) is 2.64. The minimum Gasteiger partial charge on any atom is -0.314 e. The van der Waals surface area contributed by atoms with Gasteiger partial charge in [0.25, 0.3) is 0 Å². The van der Waals surface area contributed by atoms with Crippen molar-refractivity contribution in [3.05, 3.63) is 0 Å². The van der Waals surface area contributed by atoms with E-state index in [9.17, 15) is 4.39 Å². The summed E-state index contributed by atoms with van der Waals surface area (Å²) in [6, 6.07) is 0.0231. The summed E-state index contributed by atoms with van der Waals surface area (Å²) in [5.74, 6) is 0. The zero-order valence-corrected chi connectivity index (χ0v) is 6.78. The third-order valence-corrected chi connectivity index (χ3v) is 2.64. The van der Waals surface area contributed by atoms with Crippen LogP contribution in [0.15, 0.2) is 0 Å². The van der Waals surface area contributed by atoms with Gasteiger partial charge in [0.05, 0.1) is 0 Å². The van der Waals surface area contributed by atoms with Gasteiger partial charge in [-0.05, 0) is 26.8 Å². The van der Waals surface area contributed by atoms with Gasteiger partial charge in [0.15, 0.2) is 0 Å². The Morgan fingerprint density at radius 3 is 2.30 bits per heavy atom. The zero-order valence-electron chi connectivity index (χ0n) is 6.78. The highest BCUT2D eigenvalue weighted by atomic mass is 19.1. The molecule has 1 rings (SSSR count). The maximum Gasteiger partial charge on any atom is 0.126 e. The molecule has 0 aromatic rings. The van der Waals surface area contributed by atoms with Gasteiger partial charge in [-0.3, -0.25) is 0 Å². The first-order valence-corrected chi connectivity index (χ1v) is 4.05.